The molecule has 0 radical (unpaired) electrons. The molecular formula is C15H18ClN3O2S. The standard InChI is InChI=1S/C15H18ClN3O2S/c1-15(2,3)22(20,21)14-9-8-13(18-19-14)17-10-11-6-4-5-7-12(11)16/h4-9H,10H2,1-3H3,(H,17,18). The molecule has 1 heterocycles. The van der Waals surface area contributed by atoms with Gasteiger partial charge in [0, 0.05) is 11.6 Å². The van der Waals surface area contributed by atoms with Gasteiger partial charge in [-0.1, -0.05) is 29.8 Å². The Morgan fingerprint density at radius 2 is 1.77 bits per heavy atom. The van der Waals surface area contributed by atoms with Crippen molar-refractivity contribution < 1.29 is 8.42 Å². The quantitative estimate of drug-likeness (QED) is 0.925. The van der Waals surface area contributed by atoms with Gasteiger partial charge in [-0.3, -0.25) is 0 Å². The molecule has 0 saturated heterocycles. The van der Waals surface area contributed by atoms with Gasteiger partial charge in [0.05, 0.1) is 4.75 Å². The van der Waals surface area contributed by atoms with Crippen molar-refractivity contribution in [3.05, 3.63) is 47.0 Å². The van der Waals surface area contributed by atoms with Crippen molar-refractivity contribution in [2.45, 2.75) is 37.1 Å². The Hall–Kier alpha value is -1.66. The topological polar surface area (TPSA) is 72.0 Å². The van der Waals surface area contributed by atoms with Gasteiger partial charge in [0.1, 0.15) is 5.82 Å². The summed E-state index contributed by atoms with van der Waals surface area (Å²) in [4.78, 5) is 0. The zero-order valence-corrected chi connectivity index (χ0v) is 14.2. The molecule has 0 aliphatic rings. The molecule has 0 aliphatic carbocycles. The molecule has 0 unspecified atom stereocenters. The van der Waals surface area contributed by atoms with E-state index in [4.69, 9.17) is 11.6 Å². The molecule has 0 bridgehead atoms. The van der Waals surface area contributed by atoms with E-state index in [2.05, 4.69) is 15.5 Å². The van der Waals surface area contributed by atoms with E-state index >= 15 is 0 Å². The summed E-state index contributed by atoms with van der Waals surface area (Å²) in [6.45, 7) is 5.38. The molecular weight excluding hydrogens is 322 g/mol. The number of hydrogen-bond acceptors (Lipinski definition) is 5. The highest BCUT2D eigenvalue weighted by Crippen LogP contribution is 2.23. The fraction of sp³-hybridized carbons (Fsp3) is 0.333. The second-order valence-corrected chi connectivity index (χ2v) is 8.87. The molecule has 0 spiro atoms. The SMILES string of the molecule is CC(C)(C)S(=O)(=O)c1ccc(NCc2ccccc2Cl)nn1. The molecule has 0 saturated carbocycles. The third-order valence-electron chi connectivity index (χ3n) is 3.14. The molecule has 0 fully saturated rings. The molecule has 1 aromatic carbocycles. The molecule has 0 amide bonds. The molecule has 5 nitrogen and oxygen atoms in total. The van der Waals surface area contributed by atoms with E-state index in [1.807, 2.05) is 24.3 Å². The van der Waals surface area contributed by atoms with E-state index in [0.717, 1.165) is 5.56 Å². The largest absolute Gasteiger partial charge is 0.364 e. The van der Waals surface area contributed by atoms with Crippen molar-refractivity contribution in [3.63, 3.8) is 0 Å². The van der Waals surface area contributed by atoms with Gasteiger partial charge in [-0.05, 0) is 44.5 Å². The first-order valence-electron chi connectivity index (χ1n) is 6.77. The second kappa shape index (κ2) is 6.22. The number of rotatable bonds is 4. The lowest BCUT2D eigenvalue weighted by Gasteiger charge is -2.18. The van der Waals surface area contributed by atoms with Crippen LogP contribution in [-0.4, -0.2) is 23.4 Å². The van der Waals surface area contributed by atoms with Crippen LogP contribution in [0, 0.1) is 0 Å². The highest BCUT2D eigenvalue weighted by atomic mass is 35.5. The smallest absolute Gasteiger partial charge is 0.202 e. The van der Waals surface area contributed by atoms with Crippen LogP contribution in [0.2, 0.25) is 5.02 Å². The van der Waals surface area contributed by atoms with E-state index in [1.165, 1.54) is 6.07 Å². The number of halogens is 1. The van der Waals surface area contributed by atoms with Crippen molar-refractivity contribution in [1.82, 2.24) is 10.2 Å². The average molecular weight is 340 g/mol. The summed E-state index contributed by atoms with van der Waals surface area (Å²) in [7, 11) is -3.49. The minimum Gasteiger partial charge on any atom is -0.364 e. The van der Waals surface area contributed by atoms with Crippen LogP contribution in [0.15, 0.2) is 41.4 Å². The van der Waals surface area contributed by atoms with Gasteiger partial charge < -0.3 is 5.32 Å². The van der Waals surface area contributed by atoms with E-state index in [1.54, 1.807) is 26.8 Å². The summed E-state index contributed by atoms with van der Waals surface area (Å²) in [6, 6.07) is 10.5. The van der Waals surface area contributed by atoms with Crippen molar-refractivity contribution in [3.8, 4) is 0 Å². The van der Waals surface area contributed by atoms with E-state index in [9.17, 15) is 8.42 Å². The Bertz CT molecular complexity index is 753. The predicted octanol–water partition coefficient (Wildman–Crippen LogP) is 3.31. The van der Waals surface area contributed by atoms with Crippen molar-refractivity contribution in [1.29, 1.82) is 0 Å². The number of nitrogens with one attached hydrogen (secondary N) is 1. The van der Waals surface area contributed by atoms with Crippen LogP contribution in [0.4, 0.5) is 5.82 Å². The lowest BCUT2D eigenvalue weighted by atomic mass is 10.2. The first-order valence-corrected chi connectivity index (χ1v) is 8.63. The minimum atomic E-state index is -3.49. The highest BCUT2D eigenvalue weighted by Gasteiger charge is 2.32. The fourth-order valence-corrected chi connectivity index (χ4v) is 2.92. The molecule has 2 aromatic rings. The maximum absolute atomic E-state index is 12.2. The average Bonchev–Trinajstić information content (AvgIpc) is 2.46. The Balaban J connectivity index is 2.12. The van der Waals surface area contributed by atoms with E-state index in [-0.39, 0.29) is 5.03 Å². The first-order chi connectivity index (χ1) is 10.2. The number of anilines is 1. The van der Waals surface area contributed by atoms with E-state index < -0.39 is 14.6 Å². The van der Waals surface area contributed by atoms with Crippen LogP contribution in [0.5, 0.6) is 0 Å². The number of benzene rings is 1. The van der Waals surface area contributed by atoms with Gasteiger partial charge in [-0.2, -0.15) is 0 Å². The number of aromatic nitrogens is 2. The normalized spacial score (nSPS) is 12.2. The van der Waals surface area contributed by atoms with Crippen molar-refractivity contribution in [2.75, 3.05) is 5.32 Å². The molecule has 0 atom stereocenters. The summed E-state index contributed by atoms with van der Waals surface area (Å²) in [5.41, 5.74) is 0.928. The van der Waals surface area contributed by atoms with Crippen molar-refractivity contribution in [2.24, 2.45) is 0 Å². The van der Waals surface area contributed by atoms with Gasteiger partial charge in [0.15, 0.2) is 5.03 Å². The lowest BCUT2D eigenvalue weighted by Crippen LogP contribution is -2.28. The zero-order chi connectivity index (χ0) is 16.4. The summed E-state index contributed by atoms with van der Waals surface area (Å²) in [5.74, 6) is 0.493. The highest BCUT2D eigenvalue weighted by molar-refractivity contribution is 7.92. The van der Waals surface area contributed by atoms with Gasteiger partial charge in [-0.25, -0.2) is 8.42 Å². The summed E-state index contributed by atoms with van der Waals surface area (Å²) >= 11 is 6.07. The van der Waals surface area contributed by atoms with Crippen molar-refractivity contribution >= 4 is 27.3 Å². The van der Waals surface area contributed by atoms with E-state index in [0.29, 0.717) is 17.4 Å². The van der Waals surface area contributed by atoms with Crippen LogP contribution in [0.1, 0.15) is 26.3 Å². The van der Waals surface area contributed by atoms with Gasteiger partial charge in [0.2, 0.25) is 9.84 Å². The molecule has 1 N–H and O–H groups in total. The van der Waals surface area contributed by atoms with Gasteiger partial charge in [0.25, 0.3) is 0 Å². The maximum atomic E-state index is 12.2. The molecule has 118 valence electrons. The number of nitrogens with zero attached hydrogens (tertiary/aromatic N) is 2. The Kier molecular flexibility index (Phi) is 4.72. The summed E-state index contributed by atoms with van der Waals surface area (Å²) in [6.07, 6.45) is 0. The number of hydrogen-bond donors (Lipinski definition) is 1. The number of sulfone groups is 1. The third kappa shape index (κ3) is 3.56. The summed E-state index contributed by atoms with van der Waals surface area (Å²) in [5, 5.41) is 11.4. The Labute approximate surface area is 135 Å². The second-order valence-electron chi connectivity index (χ2n) is 5.82. The first kappa shape index (κ1) is 16.7. The molecule has 22 heavy (non-hydrogen) atoms. The Morgan fingerprint density at radius 3 is 2.32 bits per heavy atom. The van der Waals surface area contributed by atoms with Crippen LogP contribution in [0.25, 0.3) is 0 Å². The van der Waals surface area contributed by atoms with Crippen LogP contribution in [-0.2, 0) is 16.4 Å². The lowest BCUT2D eigenvalue weighted by molar-refractivity contribution is 0.554. The zero-order valence-electron chi connectivity index (χ0n) is 12.7. The molecule has 7 heteroatoms. The molecule has 1 aromatic heterocycles. The molecule has 2 rings (SSSR count). The Morgan fingerprint density at radius 1 is 1.09 bits per heavy atom. The predicted molar refractivity (Wildman–Crippen MR) is 87.7 cm³/mol. The molecule has 0 aliphatic heterocycles. The third-order valence-corrected chi connectivity index (χ3v) is 5.89. The maximum Gasteiger partial charge on any atom is 0.202 e. The van der Waals surface area contributed by atoms with Crippen LogP contribution in [0.3, 0.4) is 0 Å². The van der Waals surface area contributed by atoms with Gasteiger partial charge in [-0.15, -0.1) is 10.2 Å². The minimum absolute atomic E-state index is 0.0247. The van der Waals surface area contributed by atoms with Crippen LogP contribution >= 0.6 is 11.6 Å². The monoisotopic (exact) mass is 339 g/mol. The van der Waals surface area contributed by atoms with Gasteiger partial charge >= 0.3 is 0 Å². The fourth-order valence-electron chi connectivity index (χ4n) is 1.70. The summed E-state index contributed by atoms with van der Waals surface area (Å²) < 4.78 is 23.6. The van der Waals surface area contributed by atoms with Crippen LogP contribution < -0.4 is 5.32 Å².